The van der Waals surface area contributed by atoms with Gasteiger partial charge in [-0.2, -0.15) is 0 Å². The molecule has 1 atom stereocenters. The Hall–Kier alpha value is -2.27. The Labute approximate surface area is 173 Å². The quantitative estimate of drug-likeness (QED) is 0.612. The molecule has 0 saturated heterocycles. The highest BCUT2D eigenvalue weighted by Crippen LogP contribution is 2.31. The van der Waals surface area contributed by atoms with Crippen LogP contribution in [0.4, 0.5) is 5.69 Å². The largest absolute Gasteiger partial charge is 0.486 e. The summed E-state index contributed by atoms with van der Waals surface area (Å²) in [6.07, 6.45) is 4.54. The van der Waals surface area contributed by atoms with Crippen LogP contribution in [-0.2, 0) is 6.42 Å². The number of hydrogen-bond donors (Lipinski definition) is 1. The molecule has 1 N–H and O–H groups in total. The summed E-state index contributed by atoms with van der Waals surface area (Å²) < 4.78 is 12.0. The number of nitrogens with zero attached hydrogens (tertiary/aromatic N) is 1. The van der Waals surface area contributed by atoms with E-state index in [9.17, 15) is 0 Å². The maximum atomic E-state index is 6.11. The molecule has 0 aromatic heterocycles. The average molecular weight is 399 g/mol. The molecule has 150 valence electrons. The summed E-state index contributed by atoms with van der Waals surface area (Å²) in [5.41, 5.74) is 2.40. The highest BCUT2D eigenvalue weighted by molar-refractivity contribution is 7.80. The zero-order chi connectivity index (χ0) is 19.8. The van der Waals surface area contributed by atoms with Crippen molar-refractivity contribution in [3.05, 3.63) is 54.1 Å². The number of thiocarbonyl (C=S) groups is 1. The molecule has 0 bridgehead atoms. The van der Waals surface area contributed by atoms with E-state index >= 15 is 0 Å². The first-order valence-corrected chi connectivity index (χ1v) is 10.6. The molecule has 4 nitrogen and oxygen atoms in total. The molecular weight excluding hydrogens is 368 g/mol. The third-order valence-corrected chi connectivity index (χ3v) is 5.16. The smallest absolute Gasteiger partial charge is 0.173 e. The molecule has 0 unspecified atom stereocenters. The van der Waals surface area contributed by atoms with E-state index in [1.165, 1.54) is 18.4 Å². The highest BCUT2D eigenvalue weighted by atomic mass is 32.1. The van der Waals surface area contributed by atoms with Crippen LogP contribution in [0, 0.1) is 0 Å². The number of aryl methyl sites for hydroxylation is 1. The van der Waals surface area contributed by atoms with Gasteiger partial charge in [0.1, 0.15) is 6.61 Å². The zero-order valence-corrected chi connectivity index (χ0v) is 17.6. The number of nitrogens with one attached hydrogen (secondary N) is 1. The Bertz CT molecular complexity index is 763. The van der Waals surface area contributed by atoms with E-state index in [-0.39, 0.29) is 6.10 Å². The Morgan fingerprint density at radius 2 is 1.82 bits per heavy atom. The lowest BCUT2D eigenvalue weighted by atomic mass is 10.1. The fraction of sp³-hybridized carbons (Fsp3) is 0.435. The minimum Gasteiger partial charge on any atom is -0.486 e. The van der Waals surface area contributed by atoms with Crippen molar-refractivity contribution < 1.29 is 9.47 Å². The van der Waals surface area contributed by atoms with Gasteiger partial charge >= 0.3 is 0 Å². The summed E-state index contributed by atoms with van der Waals surface area (Å²) in [5.74, 6) is 1.61. The van der Waals surface area contributed by atoms with Crippen LogP contribution >= 0.6 is 12.2 Å². The van der Waals surface area contributed by atoms with Gasteiger partial charge in [-0.1, -0.05) is 44.5 Å². The SMILES string of the molecule is CCCCc1ccc(NC(=S)N(CCC)C[C@H]2COc3ccccc3O2)cc1. The van der Waals surface area contributed by atoms with Crippen LogP contribution in [0.2, 0.25) is 0 Å². The predicted molar refractivity (Wildman–Crippen MR) is 119 cm³/mol. The third kappa shape index (κ3) is 5.61. The first kappa shape index (κ1) is 20.5. The molecule has 1 aliphatic rings. The monoisotopic (exact) mass is 398 g/mol. The Balaban J connectivity index is 1.58. The summed E-state index contributed by atoms with van der Waals surface area (Å²) in [4.78, 5) is 2.17. The van der Waals surface area contributed by atoms with Gasteiger partial charge in [-0.25, -0.2) is 0 Å². The van der Waals surface area contributed by atoms with Crippen molar-refractivity contribution in [2.75, 3.05) is 25.0 Å². The second kappa shape index (κ2) is 10.3. The van der Waals surface area contributed by atoms with E-state index in [4.69, 9.17) is 21.7 Å². The van der Waals surface area contributed by atoms with Crippen molar-refractivity contribution in [1.82, 2.24) is 4.90 Å². The number of para-hydroxylation sites is 2. The van der Waals surface area contributed by atoms with E-state index in [1.54, 1.807) is 0 Å². The second-order valence-corrected chi connectivity index (χ2v) is 7.56. The Morgan fingerprint density at radius 3 is 2.54 bits per heavy atom. The lowest BCUT2D eigenvalue weighted by Gasteiger charge is -2.32. The first-order chi connectivity index (χ1) is 13.7. The van der Waals surface area contributed by atoms with Crippen LogP contribution in [0.5, 0.6) is 11.5 Å². The molecule has 0 fully saturated rings. The summed E-state index contributed by atoms with van der Waals surface area (Å²) in [5, 5.41) is 4.11. The van der Waals surface area contributed by atoms with E-state index in [0.717, 1.165) is 41.7 Å². The lowest BCUT2D eigenvalue weighted by molar-refractivity contribution is 0.0746. The number of benzene rings is 2. The first-order valence-electron chi connectivity index (χ1n) is 10.2. The zero-order valence-electron chi connectivity index (χ0n) is 16.8. The fourth-order valence-electron chi connectivity index (χ4n) is 3.28. The molecule has 0 radical (unpaired) electrons. The topological polar surface area (TPSA) is 33.7 Å². The van der Waals surface area contributed by atoms with Crippen molar-refractivity contribution in [3.8, 4) is 11.5 Å². The van der Waals surface area contributed by atoms with Crippen LogP contribution in [0.25, 0.3) is 0 Å². The number of rotatable bonds is 8. The summed E-state index contributed by atoms with van der Waals surface area (Å²) in [6, 6.07) is 16.4. The number of unbranched alkanes of at least 4 members (excludes halogenated alkanes) is 1. The van der Waals surface area contributed by atoms with Crippen molar-refractivity contribution in [2.45, 2.75) is 45.6 Å². The average Bonchev–Trinajstić information content (AvgIpc) is 2.73. The third-order valence-electron chi connectivity index (χ3n) is 4.80. The van der Waals surface area contributed by atoms with Crippen molar-refractivity contribution in [1.29, 1.82) is 0 Å². The van der Waals surface area contributed by atoms with Gasteiger partial charge in [0.2, 0.25) is 0 Å². The van der Waals surface area contributed by atoms with Gasteiger partial charge in [0, 0.05) is 12.2 Å². The predicted octanol–water partition coefficient (Wildman–Crippen LogP) is 5.28. The number of hydrogen-bond acceptors (Lipinski definition) is 3. The summed E-state index contributed by atoms with van der Waals surface area (Å²) in [7, 11) is 0. The molecule has 3 rings (SSSR count). The molecule has 28 heavy (non-hydrogen) atoms. The number of anilines is 1. The number of fused-ring (bicyclic) bond motifs is 1. The number of ether oxygens (including phenoxy) is 2. The van der Waals surface area contributed by atoms with Crippen LogP contribution in [0.3, 0.4) is 0 Å². The maximum absolute atomic E-state index is 6.11. The van der Waals surface area contributed by atoms with Gasteiger partial charge < -0.3 is 19.7 Å². The van der Waals surface area contributed by atoms with Gasteiger partial charge in [-0.15, -0.1) is 0 Å². The second-order valence-electron chi connectivity index (χ2n) is 7.17. The molecule has 0 spiro atoms. The van der Waals surface area contributed by atoms with Crippen LogP contribution in [0.15, 0.2) is 48.5 Å². The normalized spacial score (nSPS) is 15.1. The molecule has 5 heteroatoms. The Morgan fingerprint density at radius 1 is 1.07 bits per heavy atom. The highest BCUT2D eigenvalue weighted by Gasteiger charge is 2.24. The van der Waals surface area contributed by atoms with E-state index < -0.39 is 0 Å². The minimum atomic E-state index is -0.0439. The van der Waals surface area contributed by atoms with Crippen LogP contribution in [0.1, 0.15) is 38.7 Å². The molecule has 0 amide bonds. The van der Waals surface area contributed by atoms with Gasteiger partial charge in [0.25, 0.3) is 0 Å². The molecule has 0 aliphatic carbocycles. The Kier molecular flexibility index (Phi) is 7.54. The van der Waals surface area contributed by atoms with Gasteiger partial charge in [0.15, 0.2) is 22.7 Å². The van der Waals surface area contributed by atoms with E-state index in [0.29, 0.717) is 13.2 Å². The maximum Gasteiger partial charge on any atom is 0.173 e. The summed E-state index contributed by atoms with van der Waals surface area (Å²) >= 11 is 5.69. The molecule has 0 saturated carbocycles. The minimum absolute atomic E-state index is 0.0439. The lowest BCUT2D eigenvalue weighted by Crippen LogP contribution is -2.45. The van der Waals surface area contributed by atoms with Crippen molar-refractivity contribution in [3.63, 3.8) is 0 Å². The van der Waals surface area contributed by atoms with Gasteiger partial charge in [0.05, 0.1) is 6.54 Å². The van der Waals surface area contributed by atoms with Crippen LogP contribution < -0.4 is 14.8 Å². The van der Waals surface area contributed by atoms with Gasteiger partial charge in [-0.3, -0.25) is 0 Å². The van der Waals surface area contributed by atoms with E-state index in [1.807, 2.05) is 24.3 Å². The molecule has 1 aliphatic heterocycles. The van der Waals surface area contributed by atoms with E-state index in [2.05, 4.69) is 48.3 Å². The molecule has 2 aromatic carbocycles. The van der Waals surface area contributed by atoms with Crippen molar-refractivity contribution >= 4 is 23.0 Å². The fourth-order valence-corrected chi connectivity index (χ4v) is 3.57. The summed E-state index contributed by atoms with van der Waals surface area (Å²) in [6.45, 7) is 6.48. The standard InChI is InChI=1S/C23H30N2O2S/c1-3-5-8-18-11-13-19(14-12-18)24-23(28)25(15-4-2)16-20-17-26-21-9-6-7-10-22(21)27-20/h6-7,9-14,20H,3-5,8,15-17H2,1-2H3,(H,24,28)/t20-/m0/s1. The molecule has 1 heterocycles. The van der Waals surface area contributed by atoms with Crippen molar-refractivity contribution in [2.24, 2.45) is 0 Å². The van der Waals surface area contributed by atoms with Crippen LogP contribution in [-0.4, -0.2) is 35.8 Å². The van der Waals surface area contributed by atoms with Gasteiger partial charge in [-0.05, 0) is 61.3 Å². The molecular formula is C23H30N2O2S. The molecule has 2 aromatic rings.